The average Bonchev–Trinajstić information content (AvgIpc) is 3.35. The van der Waals surface area contributed by atoms with Gasteiger partial charge in [0.1, 0.15) is 0 Å². The molecule has 1 amide bonds. The van der Waals surface area contributed by atoms with E-state index in [0.29, 0.717) is 21.6 Å². The van der Waals surface area contributed by atoms with Gasteiger partial charge in [0, 0.05) is 4.47 Å². The summed E-state index contributed by atoms with van der Waals surface area (Å²) >= 11 is 4.93. The Labute approximate surface area is 198 Å². The number of rotatable bonds is 3. The normalized spacial score (nSPS) is 17.6. The van der Waals surface area contributed by atoms with E-state index in [1.54, 1.807) is 4.90 Å². The highest BCUT2D eigenvalue weighted by atomic mass is 79.9. The molecule has 3 aromatic rings. The second-order valence-corrected chi connectivity index (χ2v) is 9.41. The molecule has 160 valence electrons. The largest absolute Gasteiger partial charge is 0.454 e. The summed E-state index contributed by atoms with van der Waals surface area (Å²) in [6.07, 6.45) is 1.86. The van der Waals surface area contributed by atoms with Gasteiger partial charge in [0.25, 0.3) is 5.91 Å². The molecule has 0 atom stereocenters. The Morgan fingerprint density at radius 3 is 2.28 bits per heavy atom. The third-order valence-electron chi connectivity index (χ3n) is 5.14. The minimum Gasteiger partial charge on any atom is -0.454 e. The van der Waals surface area contributed by atoms with Crippen molar-refractivity contribution in [3.05, 3.63) is 86.7 Å². The number of hydrogen-bond acceptors (Lipinski definition) is 5. The highest BCUT2D eigenvalue weighted by molar-refractivity contribution is 9.10. The highest BCUT2D eigenvalue weighted by Gasteiger charge is 2.35. The molecule has 0 saturated carbocycles. The minimum atomic E-state index is -0.116. The van der Waals surface area contributed by atoms with E-state index in [0.717, 1.165) is 32.5 Å². The van der Waals surface area contributed by atoms with Crippen molar-refractivity contribution in [1.29, 1.82) is 0 Å². The third-order valence-corrected chi connectivity index (χ3v) is 6.79. The molecule has 5 nitrogen and oxygen atoms in total. The van der Waals surface area contributed by atoms with Crippen LogP contribution in [0, 0.1) is 13.8 Å². The van der Waals surface area contributed by atoms with Gasteiger partial charge in [-0.15, -0.1) is 0 Å². The molecule has 1 fully saturated rings. The predicted octanol–water partition coefficient (Wildman–Crippen LogP) is 6.60. The van der Waals surface area contributed by atoms with Gasteiger partial charge in [-0.2, -0.15) is 0 Å². The van der Waals surface area contributed by atoms with Gasteiger partial charge in [-0.3, -0.25) is 9.69 Å². The molecule has 1 saturated heterocycles. The lowest BCUT2D eigenvalue weighted by Gasteiger charge is -2.16. The predicted molar refractivity (Wildman–Crippen MR) is 133 cm³/mol. The molecule has 3 aromatic carbocycles. The first kappa shape index (κ1) is 20.8. The van der Waals surface area contributed by atoms with Gasteiger partial charge in [0.15, 0.2) is 16.7 Å². The quantitative estimate of drug-likeness (QED) is 0.375. The van der Waals surface area contributed by atoms with E-state index in [2.05, 4.69) is 15.9 Å². The summed E-state index contributed by atoms with van der Waals surface area (Å²) in [6.45, 7) is 4.26. The van der Waals surface area contributed by atoms with Gasteiger partial charge in [0.2, 0.25) is 6.79 Å². The van der Waals surface area contributed by atoms with Crippen LogP contribution in [0.4, 0.5) is 11.4 Å². The number of anilines is 1. The van der Waals surface area contributed by atoms with E-state index < -0.39 is 0 Å². The Balaban J connectivity index is 1.57. The fourth-order valence-corrected chi connectivity index (χ4v) is 4.81. The molecule has 2 aliphatic heterocycles. The van der Waals surface area contributed by atoms with Crippen molar-refractivity contribution in [2.45, 2.75) is 13.8 Å². The Kier molecular flexibility index (Phi) is 5.53. The lowest BCUT2D eigenvalue weighted by Crippen LogP contribution is -2.28. The van der Waals surface area contributed by atoms with Crippen molar-refractivity contribution in [2.75, 3.05) is 11.7 Å². The van der Waals surface area contributed by atoms with E-state index in [1.165, 1.54) is 11.8 Å². The minimum absolute atomic E-state index is 0.116. The van der Waals surface area contributed by atoms with Gasteiger partial charge in [-0.25, -0.2) is 4.99 Å². The lowest BCUT2D eigenvalue weighted by atomic mass is 10.1. The number of nitrogens with zero attached hydrogens (tertiary/aromatic N) is 2. The first-order valence-corrected chi connectivity index (χ1v) is 11.6. The Bertz CT molecular complexity index is 1270. The maximum absolute atomic E-state index is 13.5. The van der Waals surface area contributed by atoms with Crippen LogP contribution in [0.1, 0.15) is 16.7 Å². The van der Waals surface area contributed by atoms with E-state index in [9.17, 15) is 4.79 Å². The Hall–Kier alpha value is -3.03. The van der Waals surface area contributed by atoms with Crippen LogP contribution in [0.2, 0.25) is 0 Å². The Morgan fingerprint density at radius 1 is 0.969 bits per heavy atom. The fraction of sp³-hybridized carbons (Fsp3) is 0.120. The first-order valence-electron chi connectivity index (χ1n) is 10.0. The molecular formula is C25H19BrN2O3S. The molecule has 0 spiro atoms. The number of carbonyl (C=O) groups excluding carboxylic acids is 1. The molecule has 0 unspecified atom stereocenters. The zero-order valence-corrected chi connectivity index (χ0v) is 19.9. The van der Waals surface area contributed by atoms with Crippen molar-refractivity contribution in [3.8, 4) is 11.5 Å². The number of ether oxygens (including phenoxy) is 2. The number of aryl methyl sites for hydroxylation is 2. The van der Waals surface area contributed by atoms with Crippen LogP contribution in [0.5, 0.6) is 11.5 Å². The Morgan fingerprint density at radius 2 is 1.59 bits per heavy atom. The monoisotopic (exact) mass is 506 g/mol. The number of halogens is 1. The van der Waals surface area contributed by atoms with E-state index in [4.69, 9.17) is 14.5 Å². The van der Waals surface area contributed by atoms with Crippen LogP contribution in [0.25, 0.3) is 6.08 Å². The lowest BCUT2D eigenvalue weighted by molar-refractivity contribution is -0.113. The van der Waals surface area contributed by atoms with E-state index >= 15 is 0 Å². The van der Waals surface area contributed by atoms with Crippen molar-refractivity contribution in [1.82, 2.24) is 0 Å². The second-order valence-electron chi connectivity index (χ2n) is 7.54. The second kappa shape index (κ2) is 8.48. The number of amidine groups is 1. The zero-order chi connectivity index (χ0) is 22.2. The number of hydrogen-bond donors (Lipinski definition) is 0. The molecule has 0 radical (unpaired) electrons. The molecule has 2 aliphatic rings. The molecular weight excluding hydrogens is 488 g/mol. The van der Waals surface area contributed by atoms with E-state index in [-0.39, 0.29) is 12.7 Å². The molecule has 0 aromatic heterocycles. The van der Waals surface area contributed by atoms with Crippen molar-refractivity contribution in [3.63, 3.8) is 0 Å². The molecule has 7 heteroatoms. The van der Waals surface area contributed by atoms with Crippen LogP contribution in [-0.4, -0.2) is 17.9 Å². The van der Waals surface area contributed by atoms with Crippen LogP contribution in [0.15, 0.2) is 75.0 Å². The zero-order valence-electron chi connectivity index (χ0n) is 17.5. The first-order chi connectivity index (χ1) is 15.5. The summed E-state index contributed by atoms with van der Waals surface area (Å²) in [5, 5.41) is 0.617. The number of thioether (sulfide) groups is 1. The molecule has 2 heterocycles. The summed E-state index contributed by atoms with van der Waals surface area (Å²) in [5.41, 5.74) is 4.71. The highest BCUT2D eigenvalue weighted by Crippen LogP contribution is 2.41. The van der Waals surface area contributed by atoms with Crippen LogP contribution < -0.4 is 14.4 Å². The summed E-state index contributed by atoms with van der Waals surface area (Å²) in [5.74, 6) is 1.24. The van der Waals surface area contributed by atoms with Crippen molar-refractivity contribution >= 4 is 56.2 Å². The average molecular weight is 507 g/mol. The third kappa shape index (κ3) is 4.06. The van der Waals surface area contributed by atoms with Gasteiger partial charge in [-0.05, 0) is 73.6 Å². The number of benzene rings is 3. The molecule has 0 aliphatic carbocycles. The summed E-state index contributed by atoms with van der Waals surface area (Å²) in [6, 6.07) is 19.5. The number of aliphatic imine (C=N–C) groups is 1. The number of fused-ring (bicyclic) bond motifs is 1. The maximum atomic E-state index is 13.5. The van der Waals surface area contributed by atoms with E-state index in [1.807, 2.05) is 80.6 Å². The number of amides is 1. The molecule has 32 heavy (non-hydrogen) atoms. The van der Waals surface area contributed by atoms with Gasteiger partial charge >= 0.3 is 0 Å². The summed E-state index contributed by atoms with van der Waals surface area (Å²) in [4.78, 5) is 20.5. The molecule has 0 N–H and O–H groups in total. The van der Waals surface area contributed by atoms with Crippen LogP contribution >= 0.6 is 27.7 Å². The van der Waals surface area contributed by atoms with Gasteiger partial charge in [-0.1, -0.05) is 51.3 Å². The van der Waals surface area contributed by atoms with Crippen molar-refractivity contribution < 1.29 is 14.3 Å². The smallest absolute Gasteiger partial charge is 0.271 e. The topological polar surface area (TPSA) is 51.1 Å². The summed E-state index contributed by atoms with van der Waals surface area (Å²) < 4.78 is 11.8. The number of carbonyl (C=O) groups is 1. The van der Waals surface area contributed by atoms with Crippen LogP contribution in [-0.2, 0) is 4.79 Å². The standard InChI is InChI=1S/C25H19BrN2O3S/c1-15-3-7-18(8-4-15)27-25-28(19-9-5-16(2)6-10-19)24(29)23(32-25)12-17-11-21-22(13-20(17)26)31-14-30-21/h3-13H,14H2,1-2H3. The van der Waals surface area contributed by atoms with Crippen LogP contribution in [0.3, 0.4) is 0 Å². The van der Waals surface area contributed by atoms with Gasteiger partial charge in [0.05, 0.1) is 16.3 Å². The fourth-order valence-electron chi connectivity index (χ4n) is 3.38. The van der Waals surface area contributed by atoms with Crippen molar-refractivity contribution in [2.24, 2.45) is 4.99 Å². The maximum Gasteiger partial charge on any atom is 0.271 e. The SMILES string of the molecule is Cc1ccc(N=C2SC(=Cc3cc4c(cc3Br)OCO4)C(=O)N2c2ccc(C)cc2)cc1. The summed E-state index contributed by atoms with van der Waals surface area (Å²) in [7, 11) is 0. The van der Waals surface area contributed by atoms with Gasteiger partial charge < -0.3 is 9.47 Å². The molecule has 5 rings (SSSR count). The molecule has 0 bridgehead atoms.